The van der Waals surface area contributed by atoms with Crippen LogP contribution in [0.5, 0.6) is 0 Å². The first-order valence-corrected chi connectivity index (χ1v) is 6.83. The average Bonchev–Trinajstić information content (AvgIpc) is 2.76. The number of nitrogens with zero attached hydrogens (tertiary/aromatic N) is 1. The van der Waals surface area contributed by atoms with Gasteiger partial charge in [-0.2, -0.15) is 0 Å². The molecular formula is C13H18BrN3. The van der Waals surface area contributed by atoms with Gasteiger partial charge in [0, 0.05) is 28.3 Å². The molecule has 1 aromatic rings. The summed E-state index contributed by atoms with van der Waals surface area (Å²) in [7, 11) is 0. The maximum absolute atomic E-state index is 7.67. The van der Waals surface area contributed by atoms with Crippen molar-refractivity contribution in [2.24, 2.45) is 5.73 Å². The minimum atomic E-state index is 0.147. The molecule has 0 bridgehead atoms. The van der Waals surface area contributed by atoms with Crippen LogP contribution in [0.25, 0.3) is 0 Å². The lowest BCUT2D eigenvalue weighted by Crippen LogP contribution is -2.30. The Labute approximate surface area is 111 Å². The second-order valence-corrected chi connectivity index (χ2v) is 5.39. The molecule has 1 aliphatic heterocycles. The molecule has 2 rings (SSSR count). The van der Waals surface area contributed by atoms with Crippen LogP contribution < -0.4 is 10.6 Å². The zero-order valence-corrected chi connectivity index (χ0v) is 11.6. The maximum atomic E-state index is 7.67. The van der Waals surface area contributed by atoms with Gasteiger partial charge in [0.2, 0.25) is 0 Å². The summed E-state index contributed by atoms with van der Waals surface area (Å²) in [5, 5.41) is 7.67. The van der Waals surface area contributed by atoms with Crippen LogP contribution >= 0.6 is 15.9 Å². The summed E-state index contributed by atoms with van der Waals surface area (Å²) in [6.45, 7) is 3.28. The van der Waals surface area contributed by atoms with Crippen molar-refractivity contribution in [2.45, 2.75) is 32.2 Å². The van der Waals surface area contributed by atoms with Gasteiger partial charge in [-0.25, -0.2) is 0 Å². The molecule has 1 aromatic carbocycles. The molecule has 0 amide bonds. The van der Waals surface area contributed by atoms with Crippen molar-refractivity contribution < 1.29 is 0 Å². The molecule has 1 atom stereocenters. The van der Waals surface area contributed by atoms with Crippen molar-refractivity contribution >= 4 is 27.5 Å². The van der Waals surface area contributed by atoms with Crippen molar-refractivity contribution in [1.29, 1.82) is 5.41 Å². The fourth-order valence-corrected chi connectivity index (χ4v) is 2.90. The molecule has 0 aromatic heterocycles. The summed E-state index contributed by atoms with van der Waals surface area (Å²) in [4.78, 5) is 2.39. The van der Waals surface area contributed by atoms with E-state index in [1.165, 1.54) is 12.8 Å². The van der Waals surface area contributed by atoms with Gasteiger partial charge in [-0.1, -0.05) is 22.9 Å². The van der Waals surface area contributed by atoms with Gasteiger partial charge < -0.3 is 10.6 Å². The van der Waals surface area contributed by atoms with Crippen molar-refractivity contribution in [1.82, 2.24) is 0 Å². The molecule has 17 heavy (non-hydrogen) atoms. The first kappa shape index (κ1) is 12.4. The average molecular weight is 296 g/mol. The zero-order chi connectivity index (χ0) is 12.4. The number of anilines is 1. The van der Waals surface area contributed by atoms with E-state index in [1.807, 2.05) is 12.1 Å². The number of nitrogens with two attached hydrogens (primary N) is 1. The molecule has 0 spiro atoms. The lowest BCUT2D eigenvalue weighted by atomic mass is 10.1. The minimum Gasteiger partial charge on any atom is -0.384 e. The molecule has 1 fully saturated rings. The van der Waals surface area contributed by atoms with Crippen molar-refractivity contribution in [3.8, 4) is 0 Å². The highest BCUT2D eigenvalue weighted by Crippen LogP contribution is 2.32. The molecule has 0 saturated carbocycles. The lowest BCUT2D eigenvalue weighted by molar-refractivity contribution is 0.645. The van der Waals surface area contributed by atoms with Crippen LogP contribution in [-0.2, 0) is 0 Å². The fraction of sp³-hybridized carbons (Fsp3) is 0.462. The van der Waals surface area contributed by atoms with Crippen LogP contribution in [0, 0.1) is 5.41 Å². The predicted octanol–water partition coefficient (Wildman–Crippen LogP) is 3.11. The van der Waals surface area contributed by atoms with E-state index in [9.17, 15) is 0 Å². The normalized spacial score (nSPS) is 19.6. The lowest BCUT2D eigenvalue weighted by Gasteiger charge is -2.28. The molecule has 1 heterocycles. The van der Waals surface area contributed by atoms with Crippen LogP contribution in [0.1, 0.15) is 31.7 Å². The first-order chi connectivity index (χ1) is 8.13. The second-order valence-electron chi connectivity index (χ2n) is 4.47. The van der Waals surface area contributed by atoms with Gasteiger partial charge in [-0.15, -0.1) is 0 Å². The van der Waals surface area contributed by atoms with Crippen molar-refractivity contribution in [3.63, 3.8) is 0 Å². The smallest absolute Gasteiger partial charge is 0.124 e. The van der Waals surface area contributed by atoms with Crippen molar-refractivity contribution in [2.75, 3.05) is 11.4 Å². The van der Waals surface area contributed by atoms with E-state index in [1.54, 1.807) is 0 Å². The number of hydrogen-bond acceptors (Lipinski definition) is 2. The summed E-state index contributed by atoms with van der Waals surface area (Å²) < 4.78 is 1.04. The van der Waals surface area contributed by atoms with E-state index in [4.69, 9.17) is 11.1 Å². The number of hydrogen-bond donors (Lipinski definition) is 2. The van der Waals surface area contributed by atoms with Gasteiger partial charge in [0.15, 0.2) is 0 Å². The highest BCUT2D eigenvalue weighted by atomic mass is 79.9. The van der Waals surface area contributed by atoms with Crippen LogP contribution in [0.4, 0.5) is 5.69 Å². The van der Waals surface area contributed by atoms with Gasteiger partial charge >= 0.3 is 0 Å². The van der Waals surface area contributed by atoms with E-state index in [-0.39, 0.29) is 5.84 Å². The molecule has 1 saturated heterocycles. The molecule has 3 nitrogen and oxygen atoms in total. The molecule has 3 N–H and O–H groups in total. The van der Waals surface area contributed by atoms with E-state index in [2.05, 4.69) is 33.8 Å². The third-order valence-electron chi connectivity index (χ3n) is 3.41. The Morgan fingerprint density at radius 1 is 1.59 bits per heavy atom. The number of amidine groups is 1. The molecule has 0 aliphatic carbocycles. The quantitative estimate of drug-likeness (QED) is 0.665. The topological polar surface area (TPSA) is 53.1 Å². The van der Waals surface area contributed by atoms with Gasteiger partial charge in [-0.3, -0.25) is 5.41 Å². The summed E-state index contributed by atoms with van der Waals surface area (Å²) in [6.07, 6.45) is 3.60. The number of benzene rings is 1. The molecule has 4 heteroatoms. The Morgan fingerprint density at radius 2 is 2.35 bits per heavy atom. The fourth-order valence-electron chi connectivity index (χ4n) is 2.55. The van der Waals surface area contributed by atoms with Gasteiger partial charge in [0.1, 0.15) is 5.84 Å². The number of nitrogen functional groups attached to an aromatic ring is 1. The number of nitrogens with one attached hydrogen (secondary N) is 1. The summed E-state index contributed by atoms with van der Waals surface area (Å²) >= 11 is 3.50. The maximum Gasteiger partial charge on any atom is 0.124 e. The van der Waals surface area contributed by atoms with Crippen LogP contribution in [0.3, 0.4) is 0 Å². The summed E-state index contributed by atoms with van der Waals surface area (Å²) in [5.74, 6) is 0.147. The molecule has 1 aliphatic rings. The van der Waals surface area contributed by atoms with E-state index >= 15 is 0 Å². The largest absolute Gasteiger partial charge is 0.384 e. The second kappa shape index (κ2) is 5.08. The van der Waals surface area contributed by atoms with E-state index in [0.717, 1.165) is 28.7 Å². The third-order valence-corrected chi connectivity index (χ3v) is 3.90. The van der Waals surface area contributed by atoms with Crippen LogP contribution in [0.15, 0.2) is 22.7 Å². The molecule has 92 valence electrons. The van der Waals surface area contributed by atoms with Gasteiger partial charge in [0.25, 0.3) is 0 Å². The Hall–Kier alpha value is -1.03. The summed E-state index contributed by atoms with van der Waals surface area (Å²) in [5.41, 5.74) is 7.60. The Morgan fingerprint density at radius 3 is 3.00 bits per heavy atom. The minimum absolute atomic E-state index is 0.147. The standard InChI is InChI=1S/C13H18BrN3/c1-2-10-4-3-7-17(10)12-8-9(14)5-6-11(12)13(15)16/h5-6,8,10H,2-4,7H2,1H3,(H3,15,16). The Bertz CT molecular complexity index is 431. The highest BCUT2D eigenvalue weighted by Gasteiger charge is 2.25. The number of rotatable bonds is 3. The van der Waals surface area contributed by atoms with E-state index < -0.39 is 0 Å². The van der Waals surface area contributed by atoms with Crippen LogP contribution in [0.2, 0.25) is 0 Å². The Balaban J connectivity index is 2.42. The van der Waals surface area contributed by atoms with Gasteiger partial charge in [-0.05, 0) is 37.5 Å². The third kappa shape index (κ3) is 2.46. The predicted molar refractivity (Wildman–Crippen MR) is 75.8 cm³/mol. The number of halogens is 1. The molecule has 0 radical (unpaired) electrons. The Kier molecular flexibility index (Phi) is 3.72. The SMILES string of the molecule is CCC1CCCN1c1cc(Br)ccc1C(=N)N. The zero-order valence-electron chi connectivity index (χ0n) is 10.0. The highest BCUT2D eigenvalue weighted by molar-refractivity contribution is 9.10. The molecular weight excluding hydrogens is 278 g/mol. The van der Waals surface area contributed by atoms with Crippen molar-refractivity contribution in [3.05, 3.63) is 28.2 Å². The molecule has 1 unspecified atom stereocenters. The monoisotopic (exact) mass is 295 g/mol. The van der Waals surface area contributed by atoms with Gasteiger partial charge in [0.05, 0.1) is 0 Å². The van der Waals surface area contributed by atoms with Crippen LogP contribution in [-0.4, -0.2) is 18.4 Å². The van der Waals surface area contributed by atoms with E-state index in [0.29, 0.717) is 6.04 Å². The summed E-state index contributed by atoms with van der Waals surface area (Å²) in [6, 6.07) is 6.52. The first-order valence-electron chi connectivity index (χ1n) is 6.04.